The van der Waals surface area contributed by atoms with Gasteiger partial charge in [0.1, 0.15) is 5.76 Å². The van der Waals surface area contributed by atoms with Crippen LogP contribution in [-0.4, -0.2) is 53.0 Å². The van der Waals surface area contributed by atoms with Gasteiger partial charge in [-0.2, -0.15) is 0 Å². The lowest BCUT2D eigenvalue weighted by molar-refractivity contribution is -0.132. The number of hydrogen-bond acceptors (Lipinski definition) is 5. The van der Waals surface area contributed by atoms with Crippen molar-refractivity contribution in [1.82, 2.24) is 20.7 Å². The van der Waals surface area contributed by atoms with E-state index in [1.807, 2.05) is 13.0 Å². The van der Waals surface area contributed by atoms with Gasteiger partial charge >= 0.3 is 0 Å². The van der Waals surface area contributed by atoms with Gasteiger partial charge in [0.25, 0.3) is 11.8 Å². The molecule has 1 fully saturated rings. The molecule has 0 unspecified atom stereocenters. The minimum atomic E-state index is -0.261. The summed E-state index contributed by atoms with van der Waals surface area (Å²) in [4.78, 5) is 38.7. The van der Waals surface area contributed by atoms with Crippen LogP contribution in [-0.2, 0) is 4.79 Å². The third-order valence-electron chi connectivity index (χ3n) is 4.94. The van der Waals surface area contributed by atoms with Gasteiger partial charge in [0, 0.05) is 43.2 Å². The Kier molecular flexibility index (Phi) is 6.64. The number of benzene rings is 1. The SMILES string of the molecule is Cc1cc(C(=O)NC2CCN(C(=O)C[C@H](C)NC(=O)c3ccccc3)CC2)no1. The van der Waals surface area contributed by atoms with E-state index in [1.165, 1.54) is 0 Å². The van der Waals surface area contributed by atoms with Crippen LogP contribution < -0.4 is 10.6 Å². The molecule has 1 atom stereocenters. The van der Waals surface area contributed by atoms with Crippen LogP contribution in [0.4, 0.5) is 0 Å². The summed E-state index contributed by atoms with van der Waals surface area (Å²) in [5.74, 6) is 0.145. The van der Waals surface area contributed by atoms with Gasteiger partial charge < -0.3 is 20.1 Å². The highest BCUT2D eigenvalue weighted by Gasteiger charge is 2.26. The predicted octanol–water partition coefficient (Wildman–Crippen LogP) is 1.91. The van der Waals surface area contributed by atoms with Crippen LogP contribution in [0.2, 0.25) is 0 Å². The van der Waals surface area contributed by atoms with Gasteiger partial charge in [0.15, 0.2) is 5.69 Å². The lowest BCUT2D eigenvalue weighted by Gasteiger charge is -2.33. The van der Waals surface area contributed by atoms with Gasteiger partial charge in [-0.3, -0.25) is 14.4 Å². The summed E-state index contributed by atoms with van der Waals surface area (Å²) < 4.78 is 4.92. The predicted molar refractivity (Wildman–Crippen MR) is 106 cm³/mol. The maximum absolute atomic E-state index is 12.5. The Balaban J connectivity index is 1.41. The first-order chi connectivity index (χ1) is 13.9. The minimum Gasteiger partial charge on any atom is -0.361 e. The Morgan fingerprint density at radius 1 is 1.17 bits per heavy atom. The number of aromatic nitrogens is 1. The lowest BCUT2D eigenvalue weighted by Crippen LogP contribution is -2.48. The normalized spacial score (nSPS) is 15.6. The first kappa shape index (κ1) is 20.6. The molecule has 154 valence electrons. The van der Waals surface area contributed by atoms with Crippen molar-refractivity contribution in [3.05, 3.63) is 53.4 Å². The Morgan fingerprint density at radius 2 is 1.86 bits per heavy atom. The maximum atomic E-state index is 12.5. The van der Waals surface area contributed by atoms with E-state index >= 15 is 0 Å². The average molecular weight is 398 g/mol. The van der Waals surface area contributed by atoms with E-state index in [0.717, 1.165) is 0 Å². The maximum Gasteiger partial charge on any atom is 0.273 e. The first-order valence-corrected chi connectivity index (χ1v) is 9.80. The van der Waals surface area contributed by atoms with Gasteiger partial charge in [-0.25, -0.2) is 0 Å². The van der Waals surface area contributed by atoms with Crippen molar-refractivity contribution in [2.24, 2.45) is 0 Å². The molecule has 0 saturated carbocycles. The molecule has 1 aromatic carbocycles. The van der Waals surface area contributed by atoms with Crippen molar-refractivity contribution in [3.63, 3.8) is 0 Å². The number of amides is 3. The van der Waals surface area contributed by atoms with Crippen LogP contribution in [0.25, 0.3) is 0 Å². The summed E-state index contributed by atoms with van der Waals surface area (Å²) in [6.45, 7) is 4.70. The van der Waals surface area contributed by atoms with Crippen molar-refractivity contribution in [2.45, 2.75) is 45.2 Å². The highest BCUT2D eigenvalue weighted by atomic mass is 16.5. The third-order valence-corrected chi connectivity index (χ3v) is 4.94. The van der Waals surface area contributed by atoms with Crippen molar-refractivity contribution < 1.29 is 18.9 Å². The summed E-state index contributed by atoms with van der Waals surface area (Å²) in [6.07, 6.45) is 1.60. The molecule has 0 bridgehead atoms. The molecule has 8 heteroatoms. The molecule has 1 saturated heterocycles. The fraction of sp³-hybridized carbons (Fsp3) is 0.429. The molecular weight excluding hydrogens is 372 g/mol. The molecule has 0 spiro atoms. The van der Waals surface area contributed by atoms with Crippen molar-refractivity contribution >= 4 is 17.7 Å². The van der Waals surface area contributed by atoms with E-state index in [-0.39, 0.29) is 41.9 Å². The van der Waals surface area contributed by atoms with Crippen LogP contribution >= 0.6 is 0 Å². The van der Waals surface area contributed by atoms with Gasteiger partial charge in [-0.1, -0.05) is 23.4 Å². The Morgan fingerprint density at radius 3 is 2.48 bits per heavy atom. The number of aryl methyl sites for hydroxylation is 1. The summed E-state index contributed by atoms with van der Waals surface area (Å²) in [6, 6.07) is 10.3. The Hall–Kier alpha value is -3.16. The summed E-state index contributed by atoms with van der Waals surface area (Å²) in [5.41, 5.74) is 0.842. The summed E-state index contributed by atoms with van der Waals surface area (Å²) in [7, 11) is 0. The van der Waals surface area contributed by atoms with E-state index < -0.39 is 0 Å². The number of rotatable bonds is 6. The number of carbonyl (C=O) groups is 3. The molecule has 2 aromatic rings. The minimum absolute atomic E-state index is 0.00115. The molecule has 1 aliphatic rings. The third kappa shape index (κ3) is 5.66. The second-order valence-electron chi connectivity index (χ2n) is 7.40. The van der Waals surface area contributed by atoms with E-state index in [0.29, 0.717) is 37.3 Å². The smallest absolute Gasteiger partial charge is 0.273 e. The molecular formula is C21H26N4O4. The largest absolute Gasteiger partial charge is 0.361 e. The standard InChI is InChI=1S/C21H26N4O4/c1-14(22-20(27)16-6-4-3-5-7-16)12-19(26)25-10-8-17(9-11-25)23-21(28)18-13-15(2)29-24-18/h3-7,13-14,17H,8-12H2,1-2H3,(H,22,27)(H,23,28)/t14-/m0/s1. The molecule has 3 amide bonds. The Bertz CT molecular complexity index is 857. The van der Waals surface area contributed by atoms with Gasteiger partial charge in [-0.05, 0) is 38.8 Å². The average Bonchev–Trinajstić information content (AvgIpc) is 3.15. The Labute approximate surface area is 169 Å². The van der Waals surface area contributed by atoms with Gasteiger partial charge in [0.2, 0.25) is 5.91 Å². The van der Waals surface area contributed by atoms with Crippen LogP contribution in [0.1, 0.15) is 52.8 Å². The number of carbonyl (C=O) groups excluding carboxylic acids is 3. The van der Waals surface area contributed by atoms with Crippen molar-refractivity contribution in [3.8, 4) is 0 Å². The fourth-order valence-electron chi connectivity index (χ4n) is 3.34. The molecule has 2 N–H and O–H groups in total. The quantitative estimate of drug-likeness (QED) is 0.773. The molecule has 3 rings (SSSR count). The van der Waals surface area contributed by atoms with Crippen LogP contribution in [0.15, 0.2) is 40.9 Å². The monoisotopic (exact) mass is 398 g/mol. The number of nitrogens with zero attached hydrogens (tertiary/aromatic N) is 2. The van der Waals surface area contributed by atoms with Gasteiger partial charge in [0.05, 0.1) is 0 Å². The zero-order chi connectivity index (χ0) is 20.8. The van der Waals surface area contributed by atoms with Crippen LogP contribution in [0.3, 0.4) is 0 Å². The zero-order valence-electron chi connectivity index (χ0n) is 16.7. The van der Waals surface area contributed by atoms with E-state index in [4.69, 9.17) is 4.52 Å². The zero-order valence-corrected chi connectivity index (χ0v) is 16.7. The number of hydrogen-bond donors (Lipinski definition) is 2. The van der Waals surface area contributed by atoms with Crippen molar-refractivity contribution in [2.75, 3.05) is 13.1 Å². The lowest BCUT2D eigenvalue weighted by atomic mass is 10.0. The van der Waals surface area contributed by atoms with E-state index in [9.17, 15) is 14.4 Å². The van der Waals surface area contributed by atoms with Gasteiger partial charge in [-0.15, -0.1) is 0 Å². The number of piperidine rings is 1. The highest BCUT2D eigenvalue weighted by Crippen LogP contribution is 2.13. The number of nitrogens with one attached hydrogen (secondary N) is 2. The summed E-state index contributed by atoms with van der Waals surface area (Å²) >= 11 is 0. The van der Waals surface area contributed by atoms with E-state index in [1.54, 1.807) is 42.2 Å². The molecule has 0 aliphatic carbocycles. The molecule has 1 aliphatic heterocycles. The second-order valence-corrected chi connectivity index (χ2v) is 7.40. The topological polar surface area (TPSA) is 105 Å². The molecule has 2 heterocycles. The van der Waals surface area contributed by atoms with Crippen LogP contribution in [0, 0.1) is 6.92 Å². The highest BCUT2D eigenvalue weighted by molar-refractivity contribution is 5.94. The van der Waals surface area contributed by atoms with Crippen LogP contribution in [0.5, 0.6) is 0 Å². The molecule has 8 nitrogen and oxygen atoms in total. The number of likely N-dealkylation sites (tertiary alicyclic amines) is 1. The van der Waals surface area contributed by atoms with Crippen molar-refractivity contribution in [1.29, 1.82) is 0 Å². The summed E-state index contributed by atoms with van der Waals surface area (Å²) in [5, 5.41) is 9.51. The molecule has 1 aromatic heterocycles. The molecule has 29 heavy (non-hydrogen) atoms. The van der Waals surface area contributed by atoms with E-state index in [2.05, 4.69) is 15.8 Å². The first-order valence-electron chi connectivity index (χ1n) is 9.80. The molecule has 0 radical (unpaired) electrons. The fourth-order valence-corrected chi connectivity index (χ4v) is 3.34. The second kappa shape index (κ2) is 9.36.